The van der Waals surface area contributed by atoms with Crippen LogP contribution in [0.2, 0.25) is 0 Å². The van der Waals surface area contributed by atoms with Gasteiger partial charge in [-0.15, -0.1) is 0 Å². The van der Waals surface area contributed by atoms with Gasteiger partial charge in [-0.3, -0.25) is 0 Å². The highest BCUT2D eigenvalue weighted by atomic mass is 15.2. The lowest BCUT2D eigenvalue weighted by Crippen LogP contribution is -2.43. The minimum absolute atomic E-state index is 0.793. The van der Waals surface area contributed by atoms with E-state index in [1.807, 2.05) is 24.1 Å². The number of fused-ring (bicyclic) bond motifs is 2. The second kappa shape index (κ2) is 8.96. The van der Waals surface area contributed by atoms with E-state index in [1.54, 1.807) is 6.33 Å². The Morgan fingerprint density at radius 3 is 2.69 bits per heavy atom. The van der Waals surface area contributed by atoms with Crippen LogP contribution < -0.4 is 15.5 Å². The maximum atomic E-state index is 4.64. The highest BCUT2D eigenvalue weighted by Crippen LogP contribution is 2.27. The summed E-state index contributed by atoms with van der Waals surface area (Å²) in [4.78, 5) is 20.4. The molecular weight excluding hydrogens is 436 g/mol. The summed E-state index contributed by atoms with van der Waals surface area (Å²) in [6.07, 6.45) is 6.16. The molecule has 1 saturated heterocycles. The average Bonchev–Trinajstić information content (AvgIpc) is 3.26. The zero-order valence-electron chi connectivity index (χ0n) is 20.0. The Kier molecular flexibility index (Phi) is 5.50. The molecule has 2 N–H and O–H groups in total. The molecule has 1 fully saturated rings. The Morgan fingerprint density at radius 2 is 1.83 bits per heavy atom. The molecule has 0 aliphatic carbocycles. The van der Waals surface area contributed by atoms with E-state index in [0.29, 0.717) is 0 Å². The molecule has 0 amide bonds. The van der Waals surface area contributed by atoms with Gasteiger partial charge in [0.1, 0.15) is 18.0 Å². The molecule has 176 valence electrons. The van der Waals surface area contributed by atoms with Crippen molar-refractivity contribution in [3.05, 3.63) is 78.0 Å². The van der Waals surface area contributed by atoms with Crippen LogP contribution in [0.1, 0.15) is 16.7 Å². The van der Waals surface area contributed by atoms with Gasteiger partial charge in [-0.05, 0) is 60.4 Å². The first kappa shape index (κ1) is 21.5. The Morgan fingerprint density at radius 1 is 0.943 bits per heavy atom. The zero-order valence-corrected chi connectivity index (χ0v) is 20.0. The highest BCUT2D eigenvalue weighted by Gasteiger charge is 2.14. The number of rotatable bonds is 5. The number of aromatic nitrogens is 5. The van der Waals surface area contributed by atoms with Crippen molar-refractivity contribution in [1.29, 1.82) is 0 Å². The third-order valence-electron chi connectivity index (χ3n) is 6.74. The smallest absolute Gasteiger partial charge is 0.141 e. The van der Waals surface area contributed by atoms with Crippen LogP contribution in [0.25, 0.3) is 21.9 Å². The van der Waals surface area contributed by atoms with Gasteiger partial charge in [-0.1, -0.05) is 12.1 Å². The number of imidazole rings is 1. The van der Waals surface area contributed by atoms with Gasteiger partial charge in [0.05, 0.1) is 29.1 Å². The number of aryl methyl sites for hydroxylation is 2. The number of hydrogen-bond acceptors (Lipinski definition) is 7. The second-order valence-corrected chi connectivity index (χ2v) is 9.14. The summed E-state index contributed by atoms with van der Waals surface area (Å²) in [6.45, 7) is 5.99. The van der Waals surface area contributed by atoms with Crippen LogP contribution in [0.3, 0.4) is 0 Å². The summed E-state index contributed by atoms with van der Waals surface area (Å²) >= 11 is 0. The van der Waals surface area contributed by atoms with Gasteiger partial charge in [0, 0.05) is 44.3 Å². The van der Waals surface area contributed by atoms with E-state index < -0.39 is 0 Å². The van der Waals surface area contributed by atoms with Crippen molar-refractivity contribution in [2.75, 3.05) is 36.4 Å². The van der Waals surface area contributed by atoms with Crippen molar-refractivity contribution in [3.8, 4) is 0 Å². The lowest BCUT2D eigenvalue weighted by Gasteiger charge is -2.28. The Balaban J connectivity index is 1.25. The van der Waals surface area contributed by atoms with Gasteiger partial charge in [0.15, 0.2) is 0 Å². The van der Waals surface area contributed by atoms with Gasteiger partial charge >= 0.3 is 0 Å². The molecule has 8 nitrogen and oxygen atoms in total. The molecule has 0 unspecified atom stereocenters. The molecule has 0 atom stereocenters. The van der Waals surface area contributed by atoms with Crippen molar-refractivity contribution >= 4 is 39.3 Å². The van der Waals surface area contributed by atoms with Crippen molar-refractivity contribution in [3.63, 3.8) is 0 Å². The minimum atomic E-state index is 0.793. The molecule has 1 aliphatic rings. The third-order valence-corrected chi connectivity index (χ3v) is 6.74. The summed E-state index contributed by atoms with van der Waals surface area (Å²) in [5.41, 5.74) is 7.81. The SMILES string of the molecule is Cc1cc(Nc2ncnc3cnc(N4CCNCC4)cc23)ccc1Cc1ccc2c(c1)ncn2C. The predicted molar refractivity (Wildman–Crippen MR) is 140 cm³/mol. The normalized spacial score (nSPS) is 14.1. The average molecular weight is 465 g/mol. The van der Waals surface area contributed by atoms with Crippen LogP contribution in [-0.2, 0) is 13.5 Å². The first-order valence-corrected chi connectivity index (χ1v) is 12.0. The van der Waals surface area contributed by atoms with Crippen LogP contribution in [0.15, 0.2) is 61.3 Å². The van der Waals surface area contributed by atoms with E-state index in [1.165, 1.54) is 16.7 Å². The van der Waals surface area contributed by atoms with Crippen LogP contribution in [-0.4, -0.2) is 50.7 Å². The molecule has 0 radical (unpaired) electrons. The van der Waals surface area contributed by atoms with Gasteiger partial charge in [-0.2, -0.15) is 0 Å². The molecule has 3 aromatic heterocycles. The molecule has 1 aliphatic heterocycles. The first-order chi connectivity index (χ1) is 17.1. The Labute approximate surface area is 204 Å². The van der Waals surface area contributed by atoms with E-state index >= 15 is 0 Å². The van der Waals surface area contributed by atoms with Crippen molar-refractivity contribution in [2.45, 2.75) is 13.3 Å². The van der Waals surface area contributed by atoms with E-state index in [2.05, 4.69) is 84.9 Å². The number of nitrogens with zero attached hydrogens (tertiary/aromatic N) is 6. The second-order valence-electron chi connectivity index (χ2n) is 9.14. The van der Waals surface area contributed by atoms with Crippen LogP contribution in [0, 0.1) is 6.92 Å². The van der Waals surface area contributed by atoms with Crippen LogP contribution >= 0.6 is 0 Å². The highest BCUT2D eigenvalue weighted by molar-refractivity contribution is 5.92. The summed E-state index contributed by atoms with van der Waals surface area (Å²) < 4.78 is 2.05. The zero-order chi connectivity index (χ0) is 23.8. The molecular formula is C27H28N8. The molecule has 0 bridgehead atoms. The number of piperazine rings is 1. The van der Waals surface area contributed by atoms with Gasteiger partial charge < -0.3 is 20.1 Å². The minimum Gasteiger partial charge on any atom is -0.354 e. The quantitative estimate of drug-likeness (QED) is 0.407. The van der Waals surface area contributed by atoms with E-state index in [9.17, 15) is 0 Å². The number of nitrogens with one attached hydrogen (secondary N) is 2. The van der Waals surface area contributed by atoms with E-state index in [0.717, 1.165) is 71.9 Å². The summed E-state index contributed by atoms with van der Waals surface area (Å²) in [6, 6.07) is 15.1. The molecule has 5 aromatic rings. The summed E-state index contributed by atoms with van der Waals surface area (Å²) in [5, 5.41) is 7.88. The van der Waals surface area contributed by atoms with Crippen molar-refractivity contribution in [2.24, 2.45) is 7.05 Å². The standard InChI is InChI=1S/C27H28N8/c1-18-11-21(5-4-20(18)12-19-3-6-25-23(13-19)32-17-34(25)2)33-27-22-14-26(35-9-7-28-8-10-35)29-15-24(22)30-16-31-27/h3-6,11,13-17,28H,7-10,12H2,1-2H3,(H,30,31,33). The number of anilines is 3. The monoisotopic (exact) mass is 464 g/mol. The lowest BCUT2D eigenvalue weighted by atomic mass is 9.99. The predicted octanol–water partition coefficient (Wildman–Crippen LogP) is 3.96. The largest absolute Gasteiger partial charge is 0.354 e. The number of pyridine rings is 1. The fraction of sp³-hybridized carbons (Fsp3) is 0.259. The number of benzene rings is 2. The molecule has 4 heterocycles. The van der Waals surface area contributed by atoms with Gasteiger partial charge in [0.25, 0.3) is 0 Å². The maximum absolute atomic E-state index is 4.64. The lowest BCUT2D eigenvalue weighted by molar-refractivity contribution is 0.585. The first-order valence-electron chi connectivity index (χ1n) is 12.0. The van der Waals surface area contributed by atoms with E-state index in [-0.39, 0.29) is 0 Å². The fourth-order valence-corrected chi connectivity index (χ4v) is 4.73. The van der Waals surface area contributed by atoms with Crippen molar-refractivity contribution < 1.29 is 0 Å². The number of hydrogen-bond donors (Lipinski definition) is 2. The third kappa shape index (κ3) is 4.28. The Hall–Kier alpha value is -4.04. The molecule has 6 rings (SSSR count). The maximum Gasteiger partial charge on any atom is 0.141 e. The Bertz CT molecular complexity index is 1520. The summed E-state index contributed by atoms with van der Waals surface area (Å²) in [7, 11) is 2.02. The van der Waals surface area contributed by atoms with Crippen molar-refractivity contribution in [1.82, 2.24) is 29.8 Å². The molecule has 35 heavy (non-hydrogen) atoms. The van der Waals surface area contributed by atoms with E-state index in [4.69, 9.17) is 0 Å². The van der Waals surface area contributed by atoms with Gasteiger partial charge in [0.2, 0.25) is 0 Å². The topological polar surface area (TPSA) is 83.8 Å². The fourth-order valence-electron chi connectivity index (χ4n) is 4.73. The van der Waals surface area contributed by atoms with Crippen LogP contribution in [0.4, 0.5) is 17.3 Å². The summed E-state index contributed by atoms with van der Waals surface area (Å²) in [5.74, 6) is 1.76. The molecule has 0 spiro atoms. The molecule has 0 saturated carbocycles. The van der Waals surface area contributed by atoms with Gasteiger partial charge in [-0.25, -0.2) is 19.9 Å². The van der Waals surface area contributed by atoms with Crippen LogP contribution in [0.5, 0.6) is 0 Å². The molecule has 8 heteroatoms. The molecule has 2 aromatic carbocycles.